The van der Waals surface area contributed by atoms with Crippen molar-refractivity contribution in [3.63, 3.8) is 0 Å². The minimum atomic E-state index is -2.65. The molecule has 14 heavy (non-hydrogen) atoms. The fourth-order valence-electron chi connectivity index (χ4n) is 1.28. The fraction of sp³-hybridized carbons (Fsp3) is 0.111. The first kappa shape index (κ1) is 9.86. The first-order chi connectivity index (χ1) is 6.61. The van der Waals surface area contributed by atoms with Crippen molar-refractivity contribution in [3.8, 4) is 0 Å². The van der Waals surface area contributed by atoms with Gasteiger partial charge in [0.1, 0.15) is 5.82 Å². The van der Waals surface area contributed by atoms with Crippen molar-refractivity contribution < 1.29 is 13.2 Å². The van der Waals surface area contributed by atoms with E-state index in [0.29, 0.717) is 9.60 Å². The lowest BCUT2D eigenvalue weighted by atomic mass is 10.2. The predicted molar refractivity (Wildman–Crippen MR) is 54.0 cm³/mol. The maximum Gasteiger partial charge on any atom is 0.265 e. The predicted octanol–water partition coefficient (Wildman–Crippen LogP) is 4.27. The van der Waals surface area contributed by atoms with Crippen LogP contribution >= 0.6 is 24.0 Å². The standard InChI is InChI=1S/C9H5F3S2/c10-5-1-2-6(13)8-7(5)4(3-14-8)9(11)12/h1-3,9,13H. The molecule has 74 valence electrons. The zero-order chi connectivity index (χ0) is 10.3. The van der Waals surface area contributed by atoms with Gasteiger partial charge in [0.2, 0.25) is 0 Å². The zero-order valence-electron chi connectivity index (χ0n) is 6.80. The van der Waals surface area contributed by atoms with Gasteiger partial charge < -0.3 is 0 Å². The SMILES string of the molecule is Fc1ccc(S)c2scc(C(F)F)c12. The number of alkyl halides is 2. The Morgan fingerprint density at radius 3 is 2.64 bits per heavy atom. The number of halogens is 3. The van der Waals surface area contributed by atoms with Gasteiger partial charge >= 0.3 is 0 Å². The molecule has 0 fully saturated rings. The van der Waals surface area contributed by atoms with Gasteiger partial charge in [0.05, 0.1) is 4.70 Å². The molecule has 0 saturated heterocycles. The average molecular weight is 234 g/mol. The van der Waals surface area contributed by atoms with E-state index in [-0.39, 0.29) is 10.9 Å². The van der Waals surface area contributed by atoms with Crippen molar-refractivity contribution in [2.75, 3.05) is 0 Å². The van der Waals surface area contributed by atoms with Crippen LogP contribution in [0.3, 0.4) is 0 Å². The summed E-state index contributed by atoms with van der Waals surface area (Å²) in [4.78, 5) is 0.526. The third-order valence-corrected chi connectivity index (χ3v) is 3.47. The van der Waals surface area contributed by atoms with E-state index in [1.807, 2.05) is 0 Å². The molecule has 0 amide bonds. The summed E-state index contributed by atoms with van der Waals surface area (Å²) in [6.45, 7) is 0. The van der Waals surface area contributed by atoms with Gasteiger partial charge in [0.25, 0.3) is 6.43 Å². The Morgan fingerprint density at radius 1 is 1.29 bits per heavy atom. The molecule has 1 heterocycles. The fourth-order valence-corrected chi connectivity index (χ4v) is 2.61. The monoisotopic (exact) mass is 234 g/mol. The van der Waals surface area contributed by atoms with Crippen molar-refractivity contribution >= 4 is 34.1 Å². The third kappa shape index (κ3) is 1.40. The summed E-state index contributed by atoms with van der Waals surface area (Å²) in [5, 5.41) is 1.27. The summed E-state index contributed by atoms with van der Waals surface area (Å²) in [5.74, 6) is -0.616. The summed E-state index contributed by atoms with van der Waals surface area (Å²) >= 11 is 5.16. The Bertz CT molecular complexity index is 476. The molecule has 0 nitrogen and oxygen atoms in total. The molecule has 0 spiro atoms. The molecule has 0 bridgehead atoms. The molecule has 2 aromatic rings. The number of thiol groups is 1. The molecule has 0 saturated carbocycles. The van der Waals surface area contributed by atoms with Crippen LogP contribution in [0.4, 0.5) is 13.2 Å². The van der Waals surface area contributed by atoms with Crippen LogP contribution in [0.25, 0.3) is 10.1 Å². The second-order valence-corrected chi connectivity index (χ2v) is 4.12. The average Bonchev–Trinajstić information content (AvgIpc) is 2.56. The maximum atomic E-state index is 13.3. The second-order valence-electron chi connectivity index (χ2n) is 2.76. The molecule has 0 aliphatic carbocycles. The normalized spacial score (nSPS) is 11.5. The quantitative estimate of drug-likeness (QED) is 0.700. The molecule has 0 radical (unpaired) electrons. The van der Waals surface area contributed by atoms with E-state index in [9.17, 15) is 13.2 Å². The zero-order valence-corrected chi connectivity index (χ0v) is 8.51. The topological polar surface area (TPSA) is 0 Å². The molecular formula is C9H5F3S2. The van der Waals surface area contributed by atoms with Gasteiger partial charge in [0, 0.05) is 21.2 Å². The van der Waals surface area contributed by atoms with E-state index in [1.165, 1.54) is 11.4 Å². The highest BCUT2D eigenvalue weighted by Crippen LogP contribution is 2.37. The van der Waals surface area contributed by atoms with Gasteiger partial charge in [-0.25, -0.2) is 13.2 Å². The van der Waals surface area contributed by atoms with Crippen LogP contribution in [-0.4, -0.2) is 0 Å². The summed E-state index contributed by atoms with van der Waals surface area (Å²) in [7, 11) is 0. The summed E-state index contributed by atoms with van der Waals surface area (Å²) in [5.41, 5.74) is -0.251. The van der Waals surface area contributed by atoms with Crippen molar-refractivity contribution in [1.82, 2.24) is 0 Å². The summed E-state index contributed by atoms with van der Waals surface area (Å²) in [6.07, 6.45) is -2.65. The maximum absolute atomic E-state index is 13.3. The molecule has 1 aromatic carbocycles. The highest BCUT2D eigenvalue weighted by molar-refractivity contribution is 7.80. The van der Waals surface area contributed by atoms with Crippen molar-refractivity contribution in [1.29, 1.82) is 0 Å². The number of benzene rings is 1. The van der Waals surface area contributed by atoms with Gasteiger partial charge in [-0.1, -0.05) is 0 Å². The first-order valence-corrected chi connectivity index (χ1v) is 5.10. The lowest BCUT2D eigenvalue weighted by Gasteiger charge is -1.99. The molecular weight excluding hydrogens is 229 g/mol. The van der Waals surface area contributed by atoms with Crippen LogP contribution in [0, 0.1) is 5.82 Å². The molecule has 0 atom stereocenters. The van der Waals surface area contributed by atoms with Gasteiger partial charge in [-0.2, -0.15) is 0 Å². The summed E-state index contributed by atoms with van der Waals surface area (Å²) < 4.78 is 38.6. The van der Waals surface area contributed by atoms with Crippen LogP contribution in [0.1, 0.15) is 12.0 Å². The molecule has 0 aliphatic rings. The third-order valence-electron chi connectivity index (χ3n) is 1.91. The van der Waals surface area contributed by atoms with E-state index in [2.05, 4.69) is 12.6 Å². The van der Waals surface area contributed by atoms with E-state index >= 15 is 0 Å². The Morgan fingerprint density at radius 2 is 2.00 bits per heavy atom. The van der Waals surface area contributed by atoms with Gasteiger partial charge in [-0.05, 0) is 12.1 Å². The minimum absolute atomic E-state index is 0.00231. The first-order valence-electron chi connectivity index (χ1n) is 3.78. The van der Waals surface area contributed by atoms with Gasteiger partial charge in [0.15, 0.2) is 0 Å². The Kier molecular flexibility index (Phi) is 2.45. The highest BCUT2D eigenvalue weighted by Gasteiger charge is 2.17. The Labute approximate surface area is 87.8 Å². The van der Waals surface area contributed by atoms with Crippen LogP contribution in [0.15, 0.2) is 22.4 Å². The molecule has 0 N–H and O–H groups in total. The molecule has 1 aromatic heterocycles. The van der Waals surface area contributed by atoms with Gasteiger partial charge in [-0.15, -0.1) is 24.0 Å². The van der Waals surface area contributed by atoms with Crippen LogP contribution in [-0.2, 0) is 0 Å². The Balaban J connectivity index is 2.84. The summed E-state index contributed by atoms with van der Waals surface area (Å²) in [6, 6.07) is 2.62. The van der Waals surface area contributed by atoms with Crippen LogP contribution in [0.5, 0.6) is 0 Å². The smallest absolute Gasteiger partial charge is 0.206 e. The number of hydrogen-bond acceptors (Lipinski definition) is 2. The van der Waals surface area contributed by atoms with E-state index in [0.717, 1.165) is 17.4 Å². The van der Waals surface area contributed by atoms with Crippen molar-refractivity contribution in [3.05, 3.63) is 28.9 Å². The molecule has 0 aliphatic heterocycles. The van der Waals surface area contributed by atoms with E-state index in [4.69, 9.17) is 0 Å². The second kappa shape index (κ2) is 3.47. The number of rotatable bonds is 1. The van der Waals surface area contributed by atoms with Crippen LogP contribution in [0.2, 0.25) is 0 Å². The van der Waals surface area contributed by atoms with E-state index < -0.39 is 12.2 Å². The lowest BCUT2D eigenvalue weighted by Crippen LogP contribution is -1.84. The van der Waals surface area contributed by atoms with Crippen LogP contribution < -0.4 is 0 Å². The van der Waals surface area contributed by atoms with Crippen molar-refractivity contribution in [2.45, 2.75) is 11.3 Å². The number of fused-ring (bicyclic) bond motifs is 1. The van der Waals surface area contributed by atoms with Gasteiger partial charge in [-0.3, -0.25) is 0 Å². The number of thiophene rings is 1. The minimum Gasteiger partial charge on any atom is -0.206 e. The highest BCUT2D eigenvalue weighted by atomic mass is 32.1. The largest absolute Gasteiger partial charge is 0.265 e. The Hall–Kier alpha value is -0.680. The molecule has 2 rings (SSSR count). The van der Waals surface area contributed by atoms with E-state index in [1.54, 1.807) is 0 Å². The molecule has 0 unspecified atom stereocenters. The molecule has 5 heteroatoms. The number of hydrogen-bond donors (Lipinski definition) is 1. The lowest BCUT2D eigenvalue weighted by molar-refractivity contribution is 0.153. The van der Waals surface area contributed by atoms with Crippen molar-refractivity contribution in [2.24, 2.45) is 0 Å².